The zero-order chi connectivity index (χ0) is 13.3. The van der Waals surface area contributed by atoms with Gasteiger partial charge in [0.25, 0.3) is 0 Å². The van der Waals surface area contributed by atoms with E-state index in [9.17, 15) is 4.79 Å². The summed E-state index contributed by atoms with van der Waals surface area (Å²) in [6.45, 7) is 10.3. The first-order valence-electron chi connectivity index (χ1n) is 7.38. The Kier molecular flexibility index (Phi) is 3.84. The van der Waals surface area contributed by atoms with Crippen LogP contribution in [0.15, 0.2) is 11.6 Å². The van der Waals surface area contributed by atoms with Gasteiger partial charge in [0, 0.05) is 20.0 Å². The standard InChI is InChI=1S/C16H27NO/c1-5-17(13(3)18)11-15-10-16(15,4)14-8-6-12(2)7-9-14/h6,14-15H,5,7-11H2,1-4H3. The zero-order valence-corrected chi connectivity index (χ0v) is 12.3. The molecule has 0 N–H and O–H groups in total. The average Bonchev–Trinajstić information content (AvgIpc) is 2.98. The quantitative estimate of drug-likeness (QED) is 0.697. The van der Waals surface area contributed by atoms with Gasteiger partial charge in [-0.15, -0.1) is 0 Å². The minimum atomic E-state index is 0.228. The molecule has 2 heteroatoms. The van der Waals surface area contributed by atoms with Crippen LogP contribution >= 0.6 is 0 Å². The number of rotatable bonds is 4. The number of carbonyl (C=O) groups is 1. The van der Waals surface area contributed by atoms with Crippen molar-refractivity contribution in [2.24, 2.45) is 17.3 Å². The lowest BCUT2D eigenvalue weighted by Crippen LogP contribution is -2.32. The second-order valence-corrected chi connectivity index (χ2v) is 6.49. The van der Waals surface area contributed by atoms with Gasteiger partial charge in [0.05, 0.1) is 0 Å². The molecule has 0 saturated heterocycles. The molecule has 0 spiro atoms. The van der Waals surface area contributed by atoms with E-state index in [2.05, 4.69) is 26.8 Å². The Morgan fingerprint density at radius 1 is 1.56 bits per heavy atom. The fourth-order valence-electron chi connectivity index (χ4n) is 3.56. The highest BCUT2D eigenvalue weighted by Gasteiger charge is 2.54. The van der Waals surface area contributed by atoms with Crippen molar-refractivity contribution in [1.82, 2.24) is 4.90 Å². The van der Waals surface area contributed by atoms with Crippen LogP contribution in [0.1, 0.15) is 53.4 Å². The molecule has 0 aromatic heterocycles. The van der Waals surface area contributed by atoms with Crippen molar-refractivity contribution in [3.05, 3.63) is 11.6 Å². The molecule has 0 aliphatic heterocycles. The highest BCUT2D eigenvalue weighted by molar-refractivity contribution is 5.73. The van der Waals surface area contributed by atoms with Gasteiger partial charge in [0.1, 0.15) is 0 Å². The Morgan fingerprint density at radius 2 is 2.28 bits per heavy atom. The summed E-state index contributed by atoms with van der Waals surface area (Å²) in [7, 11) is 0. The number of allylic oxidation sites excluding steroid dienone is 2. The van der Waals surface area contributed by atoms with Crippen molar-refractivity contribution in [3.8, 4) is 0 Å². The Labute approximate surface area is 111 Å². The van der Waals surface area contributed by atoms with Gasteiger partial charge in [0.2, 0.25) is 5.91 Å². The Bertz CT molecular complexity index is 360. The first-order valence-corrected chi connectivity index (χ1v) is 7.38. The van der Waals surface area contributed by atoms with E-state index in [0.29, 0.717) is 5.41 Å². The molecule has 3 atom stereocenters. The van der Waals surface area contributed by atoms with E-state index in [1.165, 1.54) is 25.7 Å². The summed E-state index contributed by atoms with van der Waals surface area (Å²) in [6, 6.07) is 0. The van der Waals surface area contributed by atoms with E-state index < -0.39 is 0 Å². The molecule has 0 aromatic rings. The third-order valence-corrected chi connectivity index (χ3v) is 5.30. The summed E-state index contributed by atoms with van der Waals surface area (Å²) < 4.78 is 0. The summed E-state index contributed by atoms with van der Waals surface area (Å²) in [4.78, 5) is 13.5. The van der Waals surface area contributed by atoms with Crippen molar-refractivity contribution in [2.75, 3.05) is 13.1 Å². The maximum atomic E-state index is 11.5. The van der Waals surface area contributed by atoms with Gasteiger partial charge in [-0.3, -0.25) is 4.79 Å². The minimum absolute atomic E-state index is 0.228. The van der Waals surface area contributed by atoms with Crippen LogP contribution in [0, 0.1) is 17.3 Å². The normalized spacial score (nSPS) is 35.0. The van der Waals surface area contributed by atoms with Gasteiger partial charge < -0.3 is 4.90 Å². The van der Waals surface area contributed by atoms with Crippen LogP contribution in [-0.4, -0.2) is 23.9 Å². The van der Waals surface area contributed by atoms with E-state index in [1.54, 1.807) is 12.5 Å². The molecule has 2 aliphatic rings. The summed E-state index contributed by atoms with van der Waals surface area (Å²) >= 11 is 0. The summed E-state index contributed by atoms with van der Waals surface area (Å²) in [5.74, 6) is 1.81. The maximum Gasteiger partial charge on any atom is 0.219 e. The largest absolute Gasteiger partial charge is 0.343 e. The lowest BCUT2D eigenvalue weighted by atomic mass is 9.78. The lowest BCUT2D eigenvalue weighted by Gasteiger charge is -2.29. The van der Waals surface area contributed by atoms with Gasteiger partial charge >= 0.3 is 0 Å². The molecular formula is C16H27NO. The van der Waals surface area contributed by atoms with Crippen molar-refractivity contribution >= 4 is 5.91 Å². The van der Waals surface area contributed by atoms with Crippen LogP contribution in [0.25, 0.3) is 0 Å². The lowest BCUT2D eigenvalue weighted by molar-refractivity contribution is -0.129. The Morgan fingerprint density at radius 3 is 2.78 bits per heavy atom. The van der Waals surface area contributed by atoms with Crippen molar-refractivity contribution in [1.29, 1.82) is 0 Å². The number of hydrogen-bond acceptors (Lipinski definition) is 1. The first kappa shape index (κ1) is 13.6. The third kappa shape index (κ3) is 2.62. The second-order valence-electron chi connectivity index (χ2n) is 6.49. The van der Waals surface area contributed by atoms with Crippen molar-refractivity contribution < 1.29 is 4.79 Å². The Hall–Kier alpha value is -0.790. The van der Waals surface area contributed by atoms with Crippen molar-refractivity contribution in [3.63, 3.8) is 0 Å². The molecule has 3 unspecified atom stereocenters. The molecule has 1 saturated carbocycles. The molecule has 1 fully saturated rings. The van der Waals surface area contributed by atoms with Crippen LogP contribution in [0.5, 0.6) is 0 Å². The van der Waals surface area contributed by atoms with E-state index in [0.717, 1.165) is 24.9 Å². The van der Waals surface area contributed by atoms with Gasteiger partial charge in [-0.25, -0.2) is 0 Å². The zero-order valence-electron chi connectivity index (χ0n) is 12.3. The molecule has 0 aromatic carbocycles. The highest BCUT2D eigenvalue weighted by atomic mass is 16.2. The predicted octanol–water partition coefficient (Wildman–Crippen LogP) is 3.63. The number of hydrogen-bond donors (Lipinski definition) is 0. The van der Waals surface area contributed by atoms with Gasteiger partial charge in [-0.05, 0) is 56.8 Å². The SMILES string of the molecule is CCN(CC1CC1(C)C1CC=C(C)CC1)C(C)=O. The molecule has 2 rings (SSSR count). The molecule has 102 valence electrons. The van der Waals surface area contributed by atoms with Gasteiger partial charge in [-0.2, -0.15) is 0 Å². The average molecular weight is 249 g/mol. The maximum absolute atomic E-state index is 11.5. The predicted molar refractivity (Wildman–Crippen MR) is 75.2 cm³/mol. The van der Waals surface area contributed by atoms with Crippen molar-refractivity contribution in [2.45, 2.75) is 53.4 Å². The first-order chi connectivity index (χ1) is 8.47. The van der Waals surface area contributed by atoms with Crippen LogP contribution < -0.4 is 0 Å². The molecule has 2 aliphatic carbocycles. The summed E-state index contributed by atoms with van der Waals surface area (Å²) in [5, 5.41) is 0. The van der Waals surface area contributed by atoms with Crippen LogP contribution in [0.2, 0.25) is 0 Å². The molecular weight excluding hydrogens is 222 g/mol. The molecule has 18 heavy (non-hydrogen) atoms. The van der Waals surface area contributed by atoms with Crippen LogP contribution in [-0.2, 0) is 4.79 Å². The van der Waals surface area contributed by atoms with Gasteiger partial charge in [0.15, 0.2) is 0 Å². The molecule has 2 nitrogen and oxygen atoms in total. The van der Waals surface area contributed by atoms with E-state index in [4.69, 9.17) is 0 Å². The van der Waals surface area contributed by atoms with E-state index in [1.807, 2.05) is 4.90 Å². The van der Waals surface area contributed by atoms with E-state index >= 15 is 0 Å². The van der Waals surface area contributed by atoms with E-state index in [-0.39, 0.29) is 5.91 Å². The molecule has 1 amide bonds. The summed E-state index contributed by atoms with van der Waals surface area (Å²) in [5.41, 5.74) is 2.06. The molecule has 0 bridgehead atoms. The fourth-order valence-corrected chi connectivity index (χ4v) is 3.56. The fraction of sp³-hybridized carbons (Fsp3) is 0.812. The third-order valence-electron chi connectivity index (χ3n) is 5.30. The van der Waals surface area contributed by atoms with Crippen LogP contribution in [0.3, 0.4) is 0 Å². The number of carbonyl (C=O) groups excluding carboxylic acids is 1. The Balaban J connectivity index is 1.90. The number of amides is 1. The topological polar surface area (TPSA) is 20.3 Å². The second kappa shape index (κ2) is 5.07. The van der Waals surface area contributed by atoms with Gasteiger partial charge in [-0.1, -0.05) is 18.6 Å². The molecule has 0 heterocycles. The smallest absolute Gasteiger partial charge is 0.219 e. The minimum Gasteiger partial charge on any atom is -0.343 e. The number of nitrogens with zero attached hydrogens (tertiary/aromatic N) is 1. The molecule has 0 radical (unpaired) electrons. The highest BCUT2D eigenvalue weighted by Crippen LogP contribution is 2.60. The van der Waals surface area contributed by atoms with Crippen LogP contribution in [0.4, 0.5) is 0 Å². The summed E-state index contributed by atoms with van der Waals surface area (Å²) in [6.07, 6.45) is 7.62. The monoisotopic (exact) mass is 249 g/mol.